The molecule has 0 radical (unpaired) electrons. The van der Waals surface area contributed by atoms with E-state index in [1.165, 1.54) is 0 Å². The van der Waals surface area contributed by atoms with Crippen molar-refractivity contribution in [2.75, 3.05) is 20.1 Å². The average Bonchev–Trinajstić information content (AvgIpc) is 2.22. The first kappa shape index (κ1) is 5.03. The third-order valence-corrected chi connectivity index (χ3v) is 1.19. The van der Waals surface area contributed by atoms with E-state index in [2.05, 4.69) is 5.32 Å². The van der Waals surface area contributed by atoms with Gasteiger partial charge in [0, 0.05) is 0 Å². The molecule has 0 aromatic rings. The van der Waals surface area contributed by atoms with E-state index in [9.17, 15) is 5.21 Å². The third-order valence-electron chi connectivity index (χ3n) is 1.19. The highest BCUT2D eigenvalue weighted by Gasteiger charge is 2.31. The molecule has 2 N–H and O–H groups in total. The van der Waals surface area contributed by atoms with Gasteiger partial charge < -0.3 is 15.6 Å². The highest BCUT2D eigenvalue weighted by Crippen LogP contribution is 1.80. The normalized spacial score (nSPS) is 38.6. The van der Waals surface area contributed by atoms with E-state index in [0.717, 1.165) is 13.1 Å². The van der Waals surface area contributed by atoms with Gasteiger partial charge >= 0.3 is 0 Å². The Morgan fingerprint density at radius 1 is 2.00 bits per heavy atom. The van der Waals surface area contributed by atoms with Crippen LogP contribution in [0.5, 0.6) is 0 Å². The SMILES string of the molecule is CNCC1C[NH+]1[O-]. The molecule has 1 aliphatic heterocycles. The van der Waals surface area contributed by atoms with Crippen LogP contribution in [0.15, 0.2) is 0 Å². The van der Waals surface area contributed by atoms with Crippen LogP contribution in [0.3, 0.4) is 0 Å². The number of hydrogen-bond acceptors (Lipinski definition) is 2. The number of rotatable bonds is 2. The molecule has 0 aromatic heterocycles. The first-order valence-electron chi connectivity index (χ1n) is 2.52. The summed E-state index contributed by atoms with van der Waals surface area (Å²) in [5.41, 5.74) is 0. The van der Waals surface area contributed by atoms with Crippen molar-refractivity contribution < 1.29 is 5.06 Å². The summed E-state index contributed by atoms with van der Waals surface area (Å²) >= 11 is 0. The summed E-state index contributed by atoms with van der Waals surface area (Å²) in [6, 6.07) is 0.366. The van der Waals surface area contributed by atoms with Gasteiger partial charge in [-0.1, -0.05) is 0 Å². The molecule has 3 heteroatoms. The number of nitrogens with one attached hydrogen (secondary N) is 2. The average molecular weight is 102 g/mol. The Hall–Kier alpha value is -0.120. The predicted molar refractivity (Wildman–Crippen MR) is 26.9 cm³/mol. The lowest BCUT2D eigenvalue weighted by Crippen LogP contribution is -2.88. The molecule has 1 rings (SSSR count). The van der Waals surface area contributed by atoms with Crippen molar-refractivity contribution in [3.05, 3.63) is 5.21 Å². The molecule has 0 saturated carbocycles. The van der Waals surface area contributed by atoms with Crippen LogP contribution >= 0.6 is 0 Å². The summed E-state index contributed by atoms with van der Waals surface area (Å²) in [6.07, 6.45) is 0. The van der Waals surface area contributed by atoms with Gasteiger partial charge in [0.2, 0.25) is 0 Å². The first-order valence-corrected chi connectivity index (χ1v) is 2.52. The molecule has 42 valence electrons. The molecule has 0 spiro atoms. The van der Waals surface area contributed by atoms with Crippen LogP contribution in [0.25, 0.3) is 0 Å². The van der Waals surface area contributed by atoms with Crippen LogP contribution in [0, 0.1) is 5.21 Å². The molecule has 0 aromatic carbocycles. The predicted octanol–water partition coefficient (Wildman–Crippen LogP) is -2.03. The Morgan fingerprint density at radius 2 is 2.57 bits per heavy atom. The smallest absolute Gasteiger partial charge is 0.150 e. The molecule has 0 aliphatic carbocycles. The second kappa shape index (κ2) is 1.78. The standard InChI is InChI=1S/C4H10N2O/c1-5-2-4-3-6(4)7/h4-6H,2-3H2,1H3. The lowest BCUT2D eigenvalue weighted by Gasteiger charge is -1.96. The van der Waals surface area contributed by atoms with E-state index in [4.69, 9.17) is 0 Å². The van der Waals surface area contributed by atoms with Crippen molar-refractivity contribution in [1.29, 1.82) is 0 Å². The molecular weight excluding hydrogens is 92.1 g/mol. The van der Waals surface area contributed by atoms with Gasteiger partial charge in [0.25, 0.3) is 0 Å². The van der Waals surface area contributed by atoms with Crippen molar-refractivity contribution in [3.8, 4) is 0 Å². The molecule has 1 aliphatic rings. The minimum absolute atomic E-state index is 0.366. The van der Waals surface area contributed by atoms with E-state index in [-0.39, 0.29) is 0 Å². The Kier molecular flexibility index (Phi) is 1.27. The summed E-state index contributed by atoms with van der Waals surface area (Å²) in [5, 5.41) is 13.6. The molecular formula is C4H10N2O. The lowest BCUT2D eigenvalue weighted by molar-refractivity contribution is -0.712. The fourth-order valence-electron chi connectivity index (χ4n) is 0.616. The molecule has 0 amide bonds. The molecule has 1 fully saturated rings. The maximum absolute atomic E-state index is 10.2. The Labute approximate surface area is 42.9 Å². The van der Waals surface area contributed by atoms with Crippen LogP contribution in [0.2, 0.25) is 0 Å². The monoisotopic (exact) mass is 102 g/mol. The van der Waals surface area contributed by atoms with Crippen molar-refractivity contribution in [3.63, 3.8) is 0 Å². The second-order valence-electron chi connectivity index (χ2n) is 1.93. The van der Waals surface area contributed by atoms with Gasteiger partial charge in [0.1, 0.15) is 12.6 Å². The fourth-order valence-corrected chi connectivity index (χ4v) is 0.616. The van der Waals surface area contributed by atoms with Crippen molar-refractivity contribution in [2.24, 2.45) is 0 Å². The number of hydrogen-bond donors (Lipinski definition) is 2. The van der Waals surface area contributed by atoms with Crippen LogP contribution in [-0.2, 0) is 0 Å². The summed E-state index contributed by atoms with van der Waals surface area (Å²) in [4.78, 5) is 0. The Bertz CT molecular complexity index is 66.7. The number of hydroxylamine groups is 2. The lowest BCUT2D eigenvalue weighted by atomic mass is 10.5. The maximum Gasteiger partial charge on any atom is 0.150 e. The van der Waals surface area contributed by atoms with E-state index in [1.807, 2.05) is 7.05 Å². The van der Waals surface area contributed by atoms with Crippen LogP contribution in [-0.4, -0.2) is 26.2 Å². The summed E-state index contributed by atoms with van der Waals surface area (Å²) in [5.74, 6) is 0. The molecule has 2 atom stereocenters. The number of quaternary nitrogens is 1. The number of likely N-dealkylation sites (N-methyl/N-ethyl adjacent to an activating group) is 1. The zero-order valence-electron chi connectivity index (χ0n) is 4.40. The third kappa shape index (κ3) is 1.12. The summed E-state index contributed by atoms with van der Waals surface area (Å²) < 4.78 is 0. The Balaban J connectivity index is 1.98. The molecule has 2 unspecified atom stereocenters. The minimum atomic E-state index is 0.366. The second-order valence-corrected chi connectivity index (χ2v) is 1.93. The minimum Gasteiger partial charge on any atom is -0.634 e. The molecule has 1 saturated heterocycles. The highest BCUT2D eigenvalue weighted by molar-refractivity contribution is 4.66. The van der Waals surface area contributed by atoms with Crippen LogP contribution < -0.4 is 10.4 Å². The zero-order chi connectivity index (χ0) is 5.28. The van der Waals surface area contributed by atoms with Crippen LogP contribution in [0.4, 0.5) is 0 Å². The fraction of sp³-hybridized carbons (Fsp3) is 1.00. The zero-order valence-corrected chi connectivity index (χ0v) is 4.40. The summed E-state index contributed by atoms with van der Waals surface area (Å²) in [6.45, 7) is 1.68. The van der Waals surface area contributed by atoms with Gasteiger partial charge in [-0.3, -0.25) is 0 Å². The van der Waals surface area contributed by atoms with Crippen molar-refractivity contribution in [2.45, 2.75) is 6.04 Å². The quantitative estimate of drug-likeness (QED) is 0.312. The van der Waals surface area contributed by atoms with Gasteiger partial charge in [-0.05, 0) is 7.05 Å². The van der Waals surface area contributed by atoms with Crippen molar-refractivity contribution in [1.82, 2.24) is 5.32 Å². The maximum atomic E-state index is 10.2. The van der Waals surface area contributed by atoms with Gasteiger partial charge in [-0.2, -0.15) is 0 Å². The van der Waals surface area contributed by atoms with E-state index >= 15 is 0 Å². The van der Waals surface area contributed by atoms with Gasteiger partial charge in [0.05, 0.1) is 6.54 Å². The van der Waals surface area contributed by atoms with Crippen LogP contribution in [0.1, 0.15) is 0 Å². The van der Waals surface area contributed by atoms with Crippen molar-refractivity contribution >= 4 is 0 Å². The van der Waals surface area contributed by atoms with E-state index in [0.29, 0.717) is 11.1 Å². The first-order chi connectivity index (χ1) is 3.34. The molecule has 7 heavy (non-hydrogen) atoms. The largest absolute Gasteiger partial charge is 0.634 e. The molecule has 0 bridgehead atoms. The van der Waals surface area contributed by atoms with E-state index in [1.54, 1.807) is 0 Å². The summed E-state index contributed by atoms with van der Waals surface area (Å²) in [7, 11) is 1.87. The van der Waals surface area contributed by atoms with Gasteiger partial charge in [0.15, 0.2) is 0 Å². The highest BCUT2D eigenvalue weighted by atomic mass is 16.5. The topological polar surface area (TPSA) is 39.5 Å². The molecule has 3 nitrogen and oxygen atoms in total. The van der Waals surface area contributed by atoms with Gasteiger partial charge in [-0.15, -0.1) is 0 Å². The Morgan fingerprint density at radius 3 is 2.71 bits per heavy atom. The molecule has 1 heterocycles. The van der Waals surface area contributed by atoms with Gasteiger partial charge in [-0.25, -0.2) is 0 Å². The van der Waals surface area contributed by atoms with E-state index < -0.39 is 0 Å².